The largest absolute Gasteiger partial charge is 0.391 e. The highest BCUT2D eigenvalue weighted by molar-refractivity contribution is 7.94. The third kappa shape index (κ3) is 3.39. The van der Waals surface area contributed by atoms with Crippen molar-refractivity contribution in [3.05, 3.63) is 44.2 Å². The number of sulfonamides is 1. The van der Waals surface area contributed by atoms with Crippen LogP contribution in [0.15, 0.2) is 28.5 Å². The number of nitrogens with one attached hydrogen (secondary N) is 1. The summed E-state index contributed by atoms with van der Waals surface area (Å²) in [7, 11) is -3.82. The molecular formula is C11H8Cl3NO3S2. The molecule has 2 aromatic rings. The van der Waals surface area contributed by atoms with Crippen molar-refractivity contribution in [1.29, 1.82) is 0 Å². The van der Waals surface area contributed by atoms with Crippen molar-refractivity contribution in [2.45, 2.75) is 10.8 Å². The van der Waals surface area contributed by atoms with Gasteiger partial charge < -0.3 is 5.11 Å². The van der Waals surface area contributed by atoms with E-state index in [2.05, 4.69) is 4.72 Å². The van der Waals surface area contributed by atoms with Crippen LogP contribution < -0.4 is 4.72 Å². The number of aliphatic hydroxyl groups is 1. The second-order valence-electron chi connectivity index (χ2n) is 3.73. The number of aliphatic hydroxyl groups excluding tert-OH is 1. The fourth-order valence-corrected chi connectivity index (χ4v) is 4.75. The van der Waals surface area contributed by atoms with Gasteiger partial charge in [-0.25, -0.2) is 8.42 Å². The lowest BCUT2D eigenvalue weighted by Gasteiger charge is -2.10. The van der Waals surface area contributed by atoms with E-state index in [0.29, 0.717) is 9.90 Å². The molecule has 0 spiro atoms. The molecule has 0 bridgehead atoms. The highest BCUT2D eigenvalue weighted by atomic mass is 35.5. The Labute approximate surface area is 135 Å². The van der Waals surface area contributed by atoms with Crippen LogP contribution in [0, 0.1) is 0 Å². The zero-order valence-electron chi connectivity index (χ0n) is 9.73. The Morgan fingerprint density at radius 1 is 1.15 bits per heavy atom. The molecule has 1 heterocycles. The molecule has 4 nitrogen and oxygen atoms in total. The van der Waals surface area contributed by atoms with Gasteiger partial charge in [0.25, 0.3) is 10.0 Å². The number of rotatable bonds is 4. The van der Waals surface area contributed by atoms with E-state index in [1.807, 2.05) is 0 Å². The van der Waals surface area contributed by atoms with Crippen LogP contribution in [0.5, 0.6) is 0 Å². The predicted octanol–water partition coefficient (Wildman–Crippen LogP) is 4.00. The van der Waals surface area contributed by atoms with Crippen LogP contribution in [-0.4, -0.2) is 13.5 Å². The van der Waals surface area contributed by atoms with Crippen LogP contribution in [0.4, 0.5) is 5.69 Å². The molecule has 2 N–H and O–H groups in total. The number of halogens is 3. The van der Waals surface area contributed by atoms with Crippen molar-refractivity contribution in [3.63, 3.8) is 0 Å². The van der Waals surface area contributed by atoms with Crippen LogP contribution in [0.25, 0.3) is 0 Å². The van der Waals surface area contributed by atoms with Crippen LogP contribution in [-0.2, 0) is 16.6 Å². The average Bonchev–Trinajstić information content (AvgIpc) is 2.83. The molecule has 0 saturated carbocycles. The number of anilines is 1. The van der Waals surface area contributed by atoms with Crippen molar-refractivity contribution in [1.82, 2.24) is 0 Å². The van der Waals surface area contributed by atoms with Crippen molar-refractivity contribution >= 4 is 61.9 Å². The molecule has 2 rings (SSSR count). The summed E-state index contributed by atoms with van der Waals surface area (Å²) in [5.74, 6) is 0. The Kier molecular flexibility index (Phi) is 4.84. The van der Waals surface area contributed by atoms with Crippen molar-refractivity contribution in [2.24, 2.45) is 0 Å². The van der Waals surface area contributed by atoms with E-state index >= 15 is 0 Å². The van der Waals surface area contributed by atoms with Gasteiger partial charge in [-0.15, -0.1) is 11.3 Å². The predicted molar refractivity (Wildman–Crippen MR) is 82.5 cm³/mol. The first-order valence-electron chi connectivity index (χ1n) is 5.20. The molecule has 20 heavy (non-hydrogen) atoms. The molecule has 108 valence electrons. The number of hydrogen-bond acceptors (Lipinski definition) is 4. The molecule has 0 fully saturated rings. The van der Waals surface area contributed by atoms with E-state index in [9.17, 15) is 8.42 Å². The number of benzene rings is 1. The van der Waals surface area contributed by atoms with Gasteiger partial charge >= 0.3 is 0 Å². The molecule has 0 saturated heterocycles. The molecule has 0 radical (unpaired) electrons. The van der Waals surface area contributed by atoms with Gasteiger partial charge in [0.2, 0.25) is 0 Å². The minimum absolute atomic E-state index is 0.0589. The van der Waals surface area contributed by atoms with Crippen LogP contribution in [0.2, 0.25) is 15.1 Å². The topological polar surface area (TPSA) is 66.4 Å². The van der Waals surface area contributed by atoms with Gasteiger partial charge in [0.15, 0.2) is 0 Å². The lowest BCUT2D eigenvalue weighted by molar-refractivity contribution is 0.285. The van der Waals surface area contributed by atoms with E-state index in [-0.39, 0.29) is 26.5 Å². The minimum Gasteiger partial charge on any atom is -0.391 e. The van der Waals surface area contributed by atoms with Gasteiger partial charge in [0, 0.05) is 9.90 Å². The monoisotopic (exact) mass is 371 g/mol. The Hall–Kier alpha value is -0.500. The molecule has 1 aromatic heterocycles. The van der Waals surface area contributed by atoms with E-state index in [1.165, 1.54) is 24.3 Å². The lowest BCUT2D eigenvalue weighted by atomic mass is 10.3. The first-order chi connectivity index (χ1) is 9.33. The summed E-state index contributed by atoms with van der Waals surface area (Å²) in [6.07, 6.45) is 0. The SMILES string of the molecule is O=S(=O)(Nc1c(Cl)cc(Cl)cc1Cl)c1ccc(CO)s1. The maximum absolute atomic E-state index is 12.2. The summed E-state index contributed by atoms with van der Waals surface area (Å²) < 4.78 is 26.7. The van der Waals surface area contributed by atoms with E-state index in [4.69, 9.17) is 39.9 Å². The zero-order valence-corrected chi connectivity index (χ0v) is 13.6. The highest BCUT2D eigenvalue weighted by Gasteiger charge is 2.20. The summed E-state index contributed by atoms with van der Waals surface area (Å²) in [4.78, 5) is 0.540. The average molecular weight is 373 g/mol. The third-order valence-corrected chi connectivity index (χ3v) is 6.03. The fourth-order valence-electron chi connectivity index (χ4n) is 1.41. The molecule has 0 atom stereocenters. The van der Waals surface area contributed by atoms with Crippen molar-refractivity contribution in [2.75, 3.05) is 4.72 Å². The van der Waals surface area contributed by atoms with E-state index in [1.54, 1.807) is 0 Å². The first kappa shape index (κ1) is 15.9. The van der Waals surface area contributed by atoms with E-state index in [0.717, 1.165) is 11.3 Å². The molecule has 0 aliphatic heterocycles. The summed E-state index contributed by atoms with van der Waals surface area (Å²) in [5.41, 5.74) is 0.0664. The van der Waals surface area contributed by atoms with Crippen LogP contribution in [0.3, 0.4) is 0 Å². The van der Waals surface area contributed by atoms with E-state index < -0.39 is 10.0 Å². The lowest BCUT2D eigenvalue weighted by Crippen LogP contribution is -2.12. The quantitative estimate of drug-likeness (QED) is 0.852. The molecule has 0 aliphatic carbocycles. The third-order valence-electron chi connectivity index (χ3n) is 2.30. The number of thiophene rings is 1. The van der Waals surface area contributed by atoms with Crippen LogP contribution >= 0.6 is 46.1 Å². The van der Waals surface area contributed by atoms with Gasteiger partial charge in [0.05, 0.1) is 22.3 Å². The smallest absolute Gasteiger partial charge is 0.271 e. The Bertz CT molecular complexity index is 720. The normalized spacial score (nSPS) is 11.6. The second-order valence-corrected chi connectivity index (χ2v) is 8.06. The second kappa shape index (κ2) is 6.09. The molecular weight excluding hydrogens is 365 g/mol. The standard InChI is InChI=1S/C11H8Cl3NO3S2/c12-6-3-8(13)11(9(14)4-6)15-20(17,18)10-2-1-7(5-16)19-10/h1-4,15-16H,5H2. The Morgan fingerprint density at radius 2 is 1.75 bits per heavy atom. The molecule has 0 unspecified atom stereocenters. The van der Waals surface area contributed by atoms with Gasteiger partial charge in [-0.1, -0.05) is 34.8 Å². The Morgan fingerprint density at radius 3 is 2.25 bits per heavy atom. The Balaban J connectivity index is 2.38. The molecule has 0 amide bonds. The molecule has 1 aromatic carbocycles. The minimum atomic E-state index is -3.82. The number of hydrogen-bond donors (Lipinski definition) is 2. The fraction of sp³-hybridized carbons (Fsp3) is 0.0909. The van der Waals surface area contributed by atoms with Gasteiger partial charge in [-0.2, -0.15) is 0 Å². The molecule has 9 heteroatoms. The molecule has 0 aliphatic rings. The summed E-state index contributed by atoms with van der Waals surface area (Å²) in [6, 6.07) is 5.71. The maximum atomic E-state index is 12.2. The van der Waals surface area contributed by atoms with Crippen LogP contribution in [0.1, 0.15) is 4.88 Å². The summed E-state index contributed by atoms with van der Waals surface area (Å²) in [5, 5.41) is 9.47. The summed E-state index contributed by atoms with van der Waals surface area (Å²) in [6.45, 7) is -0.220. The first-order valence-corrected chi connectivity index (χ1v) is 8.64. The highest BCUT2D eigenvalue weighted by Crippen LogP contribution is 2.35. The van der Waals surface area contributed by atoms with Gasteiger partial charge in [0.1, 0.15) is 4.21 Å². The van der Waals surface area contributed by atoms with Gasteiger partial charge in [-0.3, -0.25) is 4.72 Å². The van der Waals surface area contributed by atoms with Gasteiger partial charge in [-0.05, 0) is 24.3 Å². The van der Waals surface area contributed by atoms with Crippen molar-refractivity contribution < 1.29 is 13.5 Å². The summed E-state index contributed by atoms with van der Waals surface area (Å²) >= 11 is 18.6. The van der Waals surface area contributed by atoms with Crippen molar-refractivity contribution in [3.8, 4) is 0 Å². The zero-order chi connectivity index (χ0) is 14.9. The maximum Gasteiger partial charge on any atom is 0.271 e.